The van der Waals surface area contributed by atoms with Crippen LogP contribution in [0.5, 0.6) is 0 Å². The highest BCUT2D eigenvalue weighted by Crippen LogP contribution is 2.04. The van der Waals surface area contributed by atoms with Crippen molar-refractivity contribution < 1.29 is 0 Å². The molecule has 0 aliphatic carbocycles. The molecular weight excluding hydrogens is 112 g/mol. The van der Waals surface area contributed by atoms with Gasteiger partial charge >= 0.3 is 0 Å². The highest BCUT2D eigenvalue weighted by atomic mass is 14.9. The Morgan fingerprint density at radius 3 is 2.00 bits per heavy atom. The molecule has 54 valence electrons. The van der Waals surface area contributed by atoms with Gasteiger partial charge < -0.3 is 11.1 Å². The van der Waals surface area contributed by atoms with Crippen molar-refractivity contribution in [1.82, 2.24) is 5.32 Å². The van der Waals surface area contributed by atoms with Crippen LogP contribution >= 0.6 is 0 Å². The van der Waals surface area contributed by atoms with Gasteiger partial charge in [-0.15, -0.1) is 0 Å². The van der Waals surface area contributed by atoms with E-state index in [0.29, 0.717) is 11.6 Å². The molecule has 1 atom stereocenters. The summed E-state index contributed by atoms with van der Waals surface area (Å²) in [6.45, 7) is 7.88. The molecule has 0 saturated carbocycles. The molecule has 0 spiro atoms. The number of nitrogens with one attached hydrogen (secondary N) is 1. The predicted octanol–water partition coefficient (Wildman–Crippen LogP) is 0.703. The smallest absolute Gasteiger partial charge is 0.0482 e. The first kappa shape index (κ1) is 8.50. The van der Waals surface area contributed by atoms with Crippen LogP contribution in [0.2, 0.25) is 0 Å². The SMILES string of the molecule is C=C(N)C(NC)C(C)C. The van der Waals surface area contributed by atoms with E-state index in [9.17, 15) is 0 Å². The fourth-order valence-corrected chi connectivity index (χ4v) is 0.947. The van der Waals surface area contributed by atoms with Crippen LogP contribution < -0.4 is 11.1 Å². The first-order valence-electron chi connectivity index (χ1n) is 3.21. The Morgan fingerprint density at radius 1 is 1.56 bits per heavy atom. The predicted molar refractivity (Wildman–Crippen MR) is 41.0 cm³/mol. The highest BCUT2D eigenvalue weighted by molar-refractivity contribution is 5.00. The molecule has 0 aliphatic rings. The molecular formula is C7H16N2. The largest absolute Gasteiger partial charge is 0.401 e. The quantitative estimate of drug-likeness (QED) is 0.587. The van der Waals surface area contributed by atoms with E-state index in [-0.39, 0.29) is 6.04 Å². The van der Waals surface area contributed by atoms with Crippen molar-refractivity contribution >= 4 is 0 Å². The van der Waals surface area contributed by atoms with Crippen molar-refractivity contribution in [1.29, 1.82) is 0 Å². The standard InChI is InChI=1S/C7H16N2/c1-5(2)7(9-4)6(3)8/h5,7,9H,3,8H2,1-2,4H3. The maximum Gasteiger partial charge on any atom is 0.0482 e. The van der Waals surface area contributed by atoms with E-state index in [1.54, 1.807) is 0 Å². The minimum Gasteiger partial charge on any atom is -0.401 e. The van der Waals surface area contributed by atoms with E-state index in [4.69, 9.17) is 5.73 Å². The van der Waals surface area contributed by atoms with E-state index in [2.05, 4.69) is 25.7 Å². The minimum atomic E-state index is 0.255. The zero-order valence-corrected chi connectivity index (χ0v) is 6.44. The summed E-state index contributed by atoms with van der Waals surface area (Å²) in [5, 5.41) is 3.08. The molecule has 0 amide bonds. The summed E-state index contributed by atoms with van der Waals surface area (Å²) in [6, 6.07) is 0.255. The maximum atomic E-state index is 5.49. The number of nitrogens with two attached hydrogens (primary N) is 1. The third-order valence-corrected chi connectivity index (χ3v) is 1.38. The Kier molecular flexibility index (Phi) is 3.32. The number of hydrogen-bond acceptors (Lipinski definition) is 2. The summed E-state index contributed by atoms with van der Waals surface area (Å²) in [5.41, 5.74) is 6.21. The summed E-state index contributed by atoms with van der Waals surface area (Å²) in [4.78, 5) is 0. The van der Waals surface area contributed by atoms with Crippen molar-refractivity contribution in [2.24, 2.45) is 11.7 Å². The zero-order chi connectivity index (χ0) is 7.44. The number of rotatable bonds is 3. The van der Waals surface area contributed by atoms with Crippen LogP contribution in [0, 0.1) is 5.92 Å². The van der Waals surface area contributed by atoms with Crippen LogP contribution in [-0.2, 0) is 0 Å². The lowest BCUT2D eigenvalue weighted by Gasteiger charge is -2.19. The fraction of sp³-hybridized carbons (Fsp3) is 0.714. The monoisotopic (exact) mass is 128 g/mol. The lowest BCUT2D eigenvalue weighted by molar-refractivity contribution is 0.476. The molecule has 1 unspecified atom stereocenters. The second-order valence-corrected chi connectivity index (χ2v) is 2.59. The minimum absolute atomic E-state index is 0.255. The molecule has 0 bridgehead atoms. The van der Waals surface area contributed by atoms with Gasteiger partial charge in [0.15, 0.2) is 0 Å². The Balaban J connectivity index is 3.83. The third kappa shape index (κ3) is 2.51. The van der Waals surface area contributed by atoms with Crippen molar-refractivity contribution in [3.05, 3.63) is 12.3 Å². The van der Waals surface area contributed by atoms with Crippen molar-refractivity contribution in [2.45, 2.75) is 19.9 Å². The van der Waals surface area contributed by atoms with Gasteiger partial charge in [0, 0.05) is 11.7 Å². The Morgan fingerprint density at radius 2 is 2.00 bits per heavy atom. The second kappa shape index (κ2) is 3.51. The molecule has 0 saturated heterocycles. The molecule has 0 aromatic rings. The summed E-state index contributed by atoms with van der Waals surface area (Å²) in [7, 11) is 1.89. The van der Waals surface area contributed by atoms with E-state index >= 15 is 0 Å². The first-order chi connectivity index (χ1) is 4.09. The van der Waals surface area contributed by atoms with Gasteiger partial charge in [-0.1, -0.05) is 20.4 Å². The average Bonchev–Trinajstić information content (AvgIpc) is 1.64. The van der Waals surface area contributed by atoms with Gasteiger partial charge in [-0.3, -0.25) is 0 Å². The Hall–Kier alpha value is -0.500. The lowest BCUT2D eigenvalue weighted by atomic mass is 10.0. The van der Waals surface area contributed by atoms with Gasteiger partial charge in [0.25, 0.3) is 0 Å². The van der Waals surface area contributed by atoms with Gasteiger partial charge in [-0.05, 0) is 13.0 Å². The van der Waals surface area contributed by atoms with Gasteiger partial charge in [-0.25, -0.2) is 0 Å². The average molecular weight is 128 g/mol. The van der Waals surface area contributed by atoms with Crippen LogP contribution in [0.1, 0.15) is 13.8 Å². The molecule has 0 aliphatic heterocycles. The van der Waals surface area contributed by atoms with Crippen molar-refractivity contribution in [3.8, 4) is 0 Å². The normalized spacial score (nSPS) is 13.8. The van der Waals surface area contributed by atoms with Crippen LogP contribution in [0.3, 0.4) is 0 Å². The highest BCUT2D eigenvalue weighted by Gasteiger charge is 2.10. The van der Waals surface area contributed by atoms with E-state index in [1.165, 1.54) is 0 Å². The second-order valence-electron chi connectivity index (χ2n) is 2.59. The van der Waals surface area contributed by atoms with Crippen LogP contribution in [0.4, 0.5) is 0 Å². The molecule has 3 N–H and O–H groups in total. The Labute approximate surface area is 57.1 Å². The van der Waals surface area contributed by atoms with E-state index in [1.807, 2.05) is 7.05 Å². The van der Waals surface area contributed by atoms with Gasteiger partial charge in [0.1, 0.15) is 0 Å². The van der Waals surface area contributed by atoms with Gasteiger partial charge in [0.2, 0.25) is 0 Å². The molecule has 0 radical (unpaired) electrons. The van der Waals surface area contributed by atoms with Crippen molar-refractivity contribution in [2.75, 3.05) is 7.05 Å². The lowest BCUT2D eigenvalue weighted by Crippen LogP contribution is -2.35. The topological polar surface area (TPSA) is 38.0 Å². The van der Waals surface area contributed by atoms with Crippen LogP contribution in [0.15, 0.2) is 12.3 Å². The van der Waals surface area contributed by atoms with Crippen LogP contribution in [-0.4, -0.2) is 13.1 Å². The summed E-state index contributed by atoms with van der Waals surface area (Å²) in [6.07, 6.45) is 0. The summed E-state index contributed by atoms with van der Waals surface area (Å²) >= 11 is 0. The molecule has 0 heterocycles. The summed E-state index contributed by atoms with van der Waals surface area (Å²) < 4.78 is 0. The fourth-order valence-electron chi connectivity index (χ4n) is 0.947. The molecule has 0 aromatic heterocycles. The molecule has 0 rings (SSSR count). The van der Waals surface area contributed by atoms with Gasteiger partial charge in [-0.2, -0.15) is 0 Å². The molecule has 2 nitrogen and oxygen atoms in total. The maximum absolute atomic E-state index is 5.49. The summed E-state index contributed by atoms with van der Waals surface area (Å²) in [5.74, 6) is 0.521. The van der Waals surface area contributed by atoms with E-state index in [0.717, 1.165) is 0 Å². The molecule has 2 heteroatoms. The third-order valence-electron chi connectivity index (χ3n) is 1.38. The molecule has 0 aromatic carbocycles. The van der Waals surface area contributed by atoms with Gasteiger partial charge in [0.05, 0.1) is 0 Å². The van der Waals surface area contributed by atoms with Crippen molar-refractivity contribution in [3.63, 3.8) is 0 Å². The molecule has 9 heavy (non-hydrogen) atoms. The zero-order valence-electron chi connectivity index (χ0n) is 6.44. The number of hydrogen-bond donors (Lipinski definition) is 2. The Bertz CT molecular complexity index is 97.1. The first-order valence-corrected chi connectivity index (χ1v) is 3.21. The molecule has 0 fully saturated rings. The van der Waals surface area contributed by atoms with Crippen LogP contribution in [0.25, 0.3) is 0 Å². The van der Waals surface area contributed by atoms with E-state index < -0.39 is 0 Å². The number of likely N-dealkylation sites (N-methyl/N-ethyl adjacent to an activating group) is 1.